The van der Waals surface area contributed by atoms with E-state index in [9.17, 15) is 0 Å². The minimum Gasteiger partial charge on any atom is -0.336 e. The first-order valence-corrected chi connectivity index (χ1v) is 3.39. The zero-order valence-corrected chi connectivity index (χ0v) is 5.63. The second kappa shape index (κ2) is 1.50. The van der Waals surface area contributed by atoms with Crippen molar-refractivity contribution in [1.82, 2.24) is 4.98 Å². The molecule has 0 bridgehead atoms. The fourth-order valence-corrected chi connectivity index (χ4v) is 1.27. The van der Waals surface area contributed by atoms with Crippen LogP contribution in [0.5, 0.6) is 0 Å². The molecule has 0 amide bonds. The number of fused-ring (bicyclic) bond motifs is 3. The summed E-state index contributed by atoms with van der Waals surface area (Å²) in [7, 11) is 0. The summed E-state index contributed by atoms with van der Waals surface area (Å²) >= 11 is 0. The third kappa shape index (κ3) is 0.487. The lowest BCUT2D eigenvalue weighted by Crippen LogP contribution is -2.29. The lowest BCUT2D eigenvalue weighted by Gasteiger charge is -1.85. The van der Waals surface area contributed by atoms with Crippen LogP contribution in [-0.2, 0) is 0 Å². The van der Waals surface area contributed by atoms with Crippen LogP contribution in [0, 0.1) is 6.07 Å². The number of benzene rings is 1. The smallest absolute Gasteiger partial charge is 0.181 e. The van der Waals surface area contributed by atoms with Crippen LogP contribution in [0.3, 0.4) is 0 Å². The van der Waals surface area contributed by atoms with Crippen molar-refractivity contribution in [1.29, 1.82) is 0 Å². The molecule has 0 aliphatic carbocycles. The Hall–Kier alpha value is -1.64. The first kappa shape index (κ1) is 5.07. The first-order valence-electron chi connectivity index (χ1n) is 3.39. The van der Waals surface area contributed by atoms with E-state index in [4.69, 9.17) is 0 Å². The number of hydrogen-bond acceptors (Lipinski definition) is 2. The number of aromatic nitrogens is 1. The van der Waals surface area contributed by atoms with Gasteiger partial charge in [-0.25, -0.2) is 0 Å². The molecule has 2 aromatic rings. The van der Waals surface area contributed by atoms with Crippen molar-refractivity contribution < 1.29 is 0 Å². The monoisotopic (exact) mass is 142 g/mol. The van der Waals surface area contributed by atoms with Crippen molar-refractivity contribution >= 4 is 10.9 Å². The van der Waals surface area contributed by atoms with E-state index in [0.717, 1.165) is 21.7 Å². The summed E-state index contributed by atoms with van der Waals surface area (Å²) in [5.41, 5.74) is 1.94. The van der Waals surface area contributed by atoms with E-state index >= 15 is 0 Å². The highest BCUT2D eigenvalue weighted by Gasteiger charge is 2.05. The topological polar surface area (TPSA) is 40.5 Å². The Labute approximate surface area is 62.1 Å². The largest absolute Gasteiger partial charge is 0.336 e. The molecule has 1 N–H and O–H groups in total. The summed E-state index contributed by atoms with van der Waals surface area (Å²) in [4.78, 5) is 3.12. The van der Waals surface area contributed by atoms with Crippen LogP contribution in [0.25, 0.3) is 10.9 Å². The van der Waals surface area contributed by atoms with Gasteiger partial charge in [-0.3, -0.25) is 0 Å². The second-order valence-electron chi connectivity index (χ2n) is 2.48. The van der Waals surface area contributed by atoms with Gasteiger partial charge in [0.1, 0.15) is 5.36 Å². The van der Waals surface area contributed by atoms with Crippen molar-refractivity contribution in [2.24, 2.45) is 10.2 Å². The lowest BCUT2D eigenvalue weighted by molar-refractivity contribution is 0.924. The molecule has 0 atom stereocenters. The normalized spacial score (nSPS) is 13.1. The third-order valence-electron chi connectivity index (χ3n) is 1.82. The molecule has 1 radical (unpaired) electrons. The standard InChI is InChI=1S/C8H4N3/c1-2-4-6-5(3-1)7-8(9-6)11-10-7/h1-2,4H,(H,9,11). The highest BCUT2D eigenvalue weighted by molar-refractivity contribution is 5.78. The molecule has 1 aliphatic rings. The van der Waals surface area contributed by atoms with Gasteiger partial charge >= 0.3 is 0 Å². The Morgan fingerprint density at radius 3 is 3.18 bits per heavy atom. The Bertz CT molecular complexity index is 536. The SMILES string of the molecule is [c]1cccc2[nH]c3c(c12)=NN=3. The van der Waals surface area contributed by atoms with Gasteiger partial charge < -0.3 is 4.98 Å². The molecule has 3 heteroatoms. The van der Waals surface area contributed by atoms with Crippen molar-refractivity contribution in [3.8, 4) is 0 Å². The number of H-pyrrole nitrogens is 1. The maximum Gasteiger partial charge on any atom is 0.181 e. The van der Waals surface area contributed by atoms with Gasteiger partial charge in [-0.2, -0.15) is 0 Å². The Morgan fingerprint density at radius 2 is 2.36 bits per heavy atom. The molecule has 0 saturated heterocycles. The third-order valence-corrected chi connectivity index (χ3v) is 1.82. The molecule has 0 saturated carbocycles. The number of aromatic amines is 1. The van der Waals surface area contributed by atoms with E-state index < -0.39 is 0 Å². The predicted molar refractivity (Wildman–Crippen MR) is 39.4 cm³/mol. The van der Waals surface area contributed by atoms with E-state index in [1.165, 1.54) is 0 Å². The molecule has 0 spiro atoms. The molecule has 2 heterocycles. The Morgan fingerprint density at radius 1 is 1.36 bits per heavy atom. The summed E-state index contributed by atoms with van der Waals surface area (Å²) in [5, 5.41) is 9.69. The molecule has 3 rings (SSSR count). The van der Waals surface area contributed by atoms with Gasteiger partial charge in [-0.1, -0.05) is 12.1 Å². The quantitative estimate of drug-likeness (QED) is 0.543. The molecule has 0 unspecified atom stereocenters. The van der Waals surface area contributed by atoms with Crippen LogP contribution in [0.1, 0.15) is 0 Å². The molecule has 51 valence electrons. The Kier molecular flexibility index (Phi) is 0.692. The molecule has 1 aromatic heterocycles. The molecular formula is C8H4N3. The molecule has 0 fully saturated rings. The minimum atomic E-state index is 0.877. The maximum atomic E-state index is 3.88. The molecule has 1 aromatic carbocycles. The summed E-state index contributed by atoms with van der Waals surface area (Å²) in [6.45, 7) is 0. The Balaban J connectivity index is 2.76. The fraction of sp³-hybridized carbons (Fsp3) is 0. The van der Waals surface area contributed by atoms with Gasteiger partial charge in [0.05, 0.1) is 5.52 Å². The van der Waals surface area contributed by atoms with Gasteiger partial charge in [-0.15, -0.1) is 10.2 Å². The van der Waals surface area contributed by atoms with Crippen molar-refractivity contribution in [2.45, 2.75) is 0 Å². The second-order valence-corrected chi connectivity index (χ2v) is 2.48. The highest BCUT2D eigenvalue weighted by Crippen LogP contribution is 2.03. The average Bonchev–Trinajstić information content (AvgIpc) is 2.23. The predicted octanol–water partition coefficient (Wildman–Crippen LogP) is 0.136. The molecular weight excluding hydrogens is 138 g/mol. The lowest BCUT2D eigenvalue weighted by atomic mass is 10.2. The van der Waals surface area contributed by atoms with Gasteiger partial charge in [0.25, 0.3) is 0 Å². The zero-order chi connectivity index (χ0) is 7.26. The fourth-order valence-electron chi connectivity index (χ4n) is 1.27. The van der Waals surface area contributed by atoms with E-state index in [0.29, 0.717) is 0 Å². The van der Waals surface area contributed by atoms with Crippen LogP contribution in [0.2, 0.25) is 0 Å². The van der Waals surface area contributed by atoms with Crippen LogP contribution in [0.15, 0.2) is 28.4 Å². The van der Waals surface area contributed by atoms with E-state index in [1.54, 1.807) is 0 Å². The van der Waals surface area contributed by atoms with Crippen LogP contribution in [-0.4, -0.2) is 4.98 Å². The summed E-state index contributed by atoms with van der Waals surface area (Å²) in [6, 6.07) is 8.92. The van der Waals surface area contributed by atoms with E-state index in [2.05, 4.69) is 21.3 Å². The van der Waals surface area contributed by atoms with Gasteiger partial charge in [0.2, 0.25) is 0 Å². The van der Waals surface area contributed by atoms with Crippen molar-refractivity contribution in [3.05, 3.63) is 35.1 Å². The summed E-state index contributed by atoms with van der Waals surface area (Å²) in [6.07, 6.45) is 0. The number of rotatable bonds is 0. The average molecular weight is 142 g/mol. The van der Waals surface area contributed by atoms with Gasteiger partial charge in [0, 0.05) is 5.39 Å². The molecule has 3 nitrogen and oxygen atoms in total. The van der Waals surface area contributed by atoms with Crippen LogP contribution in [0.4, 0.5) is 0 Å². The van der Waals surface area contributed by atoms with Gasteiger partial charge in [-0.05, 0) is 12.1 Å². The van der Waals surface area contributed by atoms with Crippen molar-refractivity contribution in [2.75, 3.05) is 0 Å². The van der Waals surface area contributed by atoms with Crippen LogP contribution >= 0.6 is 0 Å². The zero-order valence-electron chi connectivity index (χ0n) is 5.63. The van der Waals surface area contributed by atoms with E-state index in [-0.39, 0.29) is 0 Å². The first-order chi connectivity index (χ1) is 5.45. The van der Waals surface area contributed by atoms with E-state index in [1.807, 2.05) is 18.2 Å². The highest BCUT2D eigenvalue weighted by atomic mass is 15.3. The van der Waals surface area contributed by atoms with Gasteiger partial charge in [0.15, 0.2) is 5.49 Å². The summed E-state index contributed by atoms with van der Waals surface area (Å²) in [5.74, 6) is 0. The number of hydrogen-bond donors (Lipinski definition) is 1. The number of nitrogens with zero attached hydrogens (tertiary/aromatic N) is 2. The molecule has 1 aliphatic heterocycles. The number of nitrogens with one attached hydrogen (secondary N) is 1. The van der Waals surface area contributed by atoms with Crippen LogP contribution < -0.4 is 10.8 Å². The summed E-state index contributed by atoms with van der Waals surface area (Å²) < 4.78 is 0. The van der Waals surface area contributed by atoms with Crippen molar-refractivity contribution in [3.63, 3.8) is 0 Å². The minimum absolute atomic E-state index is 0.877. The maximum absolute atomic E-state index is 3.88. The molecule has 11 heavy (non-hydrogen) atoms.